The summed E-state index contributed by atoms with van der Waals surface area (Å²) in [4.78, 5) is 38.3. The van der Waals surface area contributed by atoms with Crippen LogP contribution in [0.2, 0.25) is 0 Å². The van der Waals surface area contributed by atoms with Gasteiger partial charge in [0.25, 0.3) is 0 Å². The fourth-order valence-electron chi connectivity index (χ4n) is 9.92. The third-order valence-electron chi connectivity index (χ3n) is 14.9. The smallest absolute Gasteiger partial charge is 0.306 e. The first-order valence-corrected chi connectivity index (χ1v) is 33.0. The highest BCUT2D eigenvalue weighted by atomic mass is 16.6. The molecule has 0 radical (unpaired) electrons. The van der Waals surface area contributed by atoms with Crippen molar-refractivity contribution < 1.29 is 28.6 Å². The summed E-state index contributed by atoms with van der Waals surface area (Å²) in [6.07, 6.45) is 77.2. The number of hydrogen-bond acceptors (Lipinski definition) is 6. The van der Waals surface area contributed by atoms with Gasteiger partial charge in [0.2, 0.25) is 0 Å². The summed E-state index contributed by atoms with van der Waals surface area (Å²) in [5.41, 5.74) is 0. The molecule has 434 valence electrons. The molecule has 0 N–H and O–H groups in total. The summed E-state index contributed by atoms with van der Waals surface area (Å²) in [5, 5.41) is 0. The van der Waals surface area contributed by atoms with Crippen LogP contribution in [0.5, 0.6) is 0 Å². The molecule has 74 heavy (non-hydrogen) atoms. The van der Waals surface area contributed by atoms with Gasteiger partial charge in [-0.15, -0.1) is 0 Å². The van der Waals surface area contributed by atoms with Gasteiger partial charge < -0.3 is 14.2 Å². The Morgan fingerprint density at radius 3 is 0.757 bits per heavy atom. The zero-order chi connectivity index (χ0) is 53.6. The molecule has 0 amide bonds. The van der Waals surface area contributed by atoms with E-state index in [0.29, 0.717) is 19.3 Å². The van der Waals surface area contributed by atoms with Crippen LogP contribution in [0.15, 0.2) is 36.5 Å². The van der Waals surface area contributed by atoms with Gasteiger partial charge in [0.05, 0.1) is 0 Å². The molecule has 1 unspecified atom stereocenters. The van der Waals surface area contributed by atoms with Crippen molar-refractivity contribution in [2.75, 3.05) is 13.2 Å². The second-order valence-electron chi connectivity index (χ2n) is 22.4. The van der Waals surface area contributed by atoms with Gasteiger partial charge >= 0.3 is 17.9 Å². The van der Waals surface area contributed by atoms with E-state index in [2.05, 4.69) is 57.2 Å². The lowest BCUT2D eigenvalue weighted by Crippen LogP contribution is -2.30. The fourth-order valence-corrected chi connectivity index (χ4v) is 9.92. The summed E-state index contributed by atoms with van der Waals surface area (Å²) in [7, 11) is 0. The fraction of sp³-hybridized carbons (Fsp3) is 0.868. The van der Waals surface area contributed by atoms with Gasteiger partial charge in [-0.2, -0.15) is 0 Å². The molecule has 0 aliphatic carbocycles. The maximum atomic E-state index is 12.9. The quantitative estimate of drug-likeness (QED) is 0.0261. The van der Waals surface area contributed by atoms with Crippen molar-refractivity contribution in [3.05, 3.63) is 36.5 Å². The lowest BCUT2D eigenvalue weighted by Gasteiger charge is -2.18. The molecule has 0 aliphatic heterocycles. The van der Waals surface area contributed by atoms with Crippen LogP contribution in [0.25, 0.3) is 0 Å². The Morgan fingerprint density at radius 2 is 0.486 bits per heavy atom. The number of carbonyl (C=O) groups is 3. The summed E-state index contributed by atoms with van der Waals surface area (Å²) in [6, 6.07) is 0. The second-order valence-corrected chi connectivity index (χ2v) is 22.4. The number of ether oxygens (including phenoxy) is 3. The lowest BCUT2D eigenvalue weighted by atomic mass is 10.0. The molecule has 0 bridgehead atoms. The molecule has 0 rings (SSSR count). The van der Waals surface area contributed by atoms with Gasteiger partial charge in [0.15, 0.2) is 6.10 Å². The highest BCUT2D eigenvalue weighted by molar-refractivity contribution is 5.71. The number of hydrogen-bond donors (Lipinski definition) is 0. The second kappa shape index (κ2) is 63.2. The number of esters is 3. The molecule has 6 heteroatoms. The van der Waals surface area contributed by atoms with Gasteiger partial charge in [-0.1, -0.05) is 320 Å². The molecular weight excluding hydrogens is 913 g/mol. The van der Waals surface area contributed by atoms with E-state index in [0.717, 1.165) is 70.6 Å². The van der Waals surface area contributed by atoms with Crippen molar-refractivity contribution in [2.24, 2.45) is 0 Å². The number of allylic oxidation sites excluding steroid dienone is 6. The average molecular weight is 1040 g/mol. The molecule has 0 spiro atoms. The summed E-state index contributed by atoms with van der Waals surface area (Å²) in [6.45, 7) is 6.69. The van der Waals surface area contributed by atoms with Crippen molar-refractivity contribution in [1.29, 1.82) is 0 Å². The van der Waals surface area contributed by atoms with Gasteiger partial charge in [0.1, 0.15) is 13.2 Å². The van der Waals surface area contributed by atoms with Crippen LogP contribution in [0.1, 0.15) is 361 Å². The van der Waals surface area contributed by atoms with E-state index in [-0.39, 0.29) is 31.1 Å². The highest BCUT2D eigenvalue weighted by Gasteiger charge is 2.19. The van der Waals surface area contributed by atoms with Crippen molar-refractivity contribution >= 4 is 17.9 Å². The standard InChI is InChI=1S/C68H126O6/c1-4-7-10-13-16-19-22-25-28-30-31-32-33-34-35-36-37-39-40-43-46-49-52-55-58-61-67(70)73-64-65(63-72-66(69)60-57-54-51-48-45-42-27-24-21-18-15-12-9-6-3)74-68(71)62-59-56-53-50-47-44-41-38-29-26-23-20-17-14-11-8-5-2/h22,25,30-31,33-34,65H,4-21,23-24,26-29,32,35-64H2,1-3H3/b25-22-,31-30-,34-33-. The van der Waals surface area contributed by atoms with Crippen molar-refractivity contribution in [3.63, 3.8) is 0 Å². The predicted octanol–water partition coefficient (Wildman–Crippen LogP) is 22.4. The Bertz CT molecular complexity index is 1240. The van der Waals surface area contributed by atoms with Gasteiger partial charge in [0, 0.05) is 19.3 Å². The summed E-state index contributed by atoms with van der Waals surface area (Å²) in [5.74, 6) is -0.844. The Balaban J connectivity index is 4.27. The van der Waals surface area contributed by atoms with Crippen LogP contribution in [0, 0.1) is 0 Å². The SMILES string of the molecule is CCCCCCC/C=C\C/C=C\C/C=C\CCCCCCCCCCCCC(=O)OCC(COC(=O)CCCCCCCCCCCCCCCC)OC(=O)CCCCCCCCCCCCCCCCCCC. The first-order valence-electron chi connectivity index (χ1n) is 33.0. The minimum Gasteiger partial charge on any atom is -0.462 e. The third kappa shape index (κ3) is 60.5. The van der Waals surface area contributed by atoms with Gasteiger partial charge in [-0.3, -0.25) is 14.4 Å². The van der Waals surface area contributed by atoms with Crippen LogP contribution in [0.4, 0.5) is 0 Å². The van der Waals surface area contributed by atoms with Crippen LogP contribution in [-0.4, -0.2) is 37.2 Å². The maximum Gasteiger partial charge on any atom is 0.306 e. The molecule has 0 saturated heterocycles. The van der Waals surface area contributed by atoms with E-state index in [1.807, 2.05) is 0 Å². The molecule has 0 aliphatic rings. The molecule has 0 fully saturated rings. The largest absolute Gasteiger partial charge is 0.462 e. The van der Waals surface area contributed by atoms with Gasteiger partial charge in [-0.05, 0) is 57.8 Å². The lowest BCUT2D eigenvalue weighted by molar-refractivity contribution is -0.167. The molecule has 6 nitrogen and oxygen atoms in total. The van der Waals surface area contributed by atoms with E-state index >= 15 is 0 Å². The van der Waals surface area contributed by atoms with Crippen molar-refractivity contribution in [2.45, 2.75) is 367 Å². The maximum absolute atomic E-state index is 12.9. The third-order valence-corrected chi connectivity index (χ3v) is 14.9. The molecular formula is C68H126O6. The number of carbonyl (C=O) groups excluding carboxylic acids is 3. The van der Waals surface area contributed by atoms with Gasteiger partial charge in [-0.25, -0.2) is 0 Å². The van der Waals surface area contributed by atoms with E-state index in [4.69, 9.17) is 14.2 Å². The Morgan fingerprint density at radius 1 is 0.270 bits per heavy atom. The number of rotatable bonds is 61. The zero-order valence-electron chi connectivity index (χ0n) is 49.9. The minimum absolute atomic E-state index is 0.0673. The van der Waals surface area contributed by atoms with Crippen LogP contribution >= 0.6 is 0 Å². The zero-order valence-corrected chi connectivity index (χ0v) is 49.9. The monoisotopic (exact) mass is 1040 g/mol. The molecule has 0 aromatic carbocycles. The van der Waals surface area contributed by atoms with Crippen LogP contribution < -0.4 is 0 Å². The molecule has 0 aromatic heterocycles. The normalized spacial score (nSPS) is 12.2. The predicted molar refractivity (Wildman–Crippen MR) is 321 cm³/mol. The topological polar surface area (TPSA) is 78.9 Å². The number of unbranched alkanes of at least 4 members (excludes halogenated alkanes) is 44. The first-order chi connectivity index (χ1) is 36.5. The van der Waals surface area contributed by atoms with Crippen LogP contribution in [0.3, 0.4) is 0 Å². The highest BCUT2D eigenvalue weighted by Crippen LogP contribution is 2.18. The summed E-state index contributed by atoms with van der Waals surface area (Å²) < 4.78 is 17.0. The van der Waals surface area contributed by atoms with E-state index in [1.165, 1.54) is 250 Å². The molecule has 0 heterocycles. The Labute approximate surface area is 461 Å². The Kier molecular flexibility index (Phi) is 61.1. The van der Waals surface area contributed by atoms with Crippen molar-refractivity contribution in [1.82, 2.24) is 0 Å². The van der Waals surface area contributed by atoms with E-state index in [1.54, 1.807) is 0 Å². The Hall–Kier alpha value is -2.37. The van der Waals surface area contributed by atoms with E-state index in [9.17, 15) is 14.4 Å². The molecule has 1 atom stereocenters. The average Bonchev–Trinajstić information content (AvgIpc) is 3.40. The van der Waals surface area contributed by atoms with Crippen molar-refractivity contribution in [3.8, 4) is 0 Å². The molecule has 0 aromatic rings. The van der Waals surface area contributed by atoms with E-state index < -0.39 is 6.10 Å². The molecule has 0 saturated carbocycles. The minimum atomic E-state index is -0.770. The first kappa shape index (κ1) is 71.6. The summed E-state index contributed by atoms with van der Waals surface area (Å²) >= 11 is 0. The van der Waals surface area contributed by atoms with Crippen LogP contribution in [-0.2, 0) is 28.6 Å².